The zero-order valence-electron chi connectivity index (χ0n) is 14.8. The van der Waals surface area contributed by atoms with Crippen molar-refractivity contribution in [2.75, 3.05) is 12.4 Å². The van der Waals surface area contributed by atoms with Crippen molar-refractivity contribution < 1.29 is 23.8 Å². The van der Waals surface area contributed by atoms with Crippen LogP contribution in [-0.4, -0.2) is 46.4 Å². The number of hydrogen-bond donors (Lipinski definition) is 4. The highest BCUT2D eigenvalue weighted by molar-refractivity contribution is 6.09. The monoisotopic (exact) mass is 376 g/mol. The molecule has 8 nitrogen and oxygen atoms in total. The third-order valence-electron chi connectivity index (χ3n) is 4.56. The van der Waals surface area contributed by atoms with Crippen LogP contribution in [0.5, 0.6) is 5.75 Å². The number of methoxy groups -OCH3 is 1. The van der Waals surface area contributed by atoms with Crippen molar-refractivity contribution in [2.24, 2.45) is 0 Å². The van der Waals surface area contributed by atoms with Crippen LogP contribution in [0.2, 0.25) is 0 Å². The molecule has 2 amide bonds. The lowest BCUT2D eigenvalue weighted by Crippen LogP contribution is -2.39. The van der Waals surface area contributed by atoms with E-state index in [1.165, 1.54) is 25.4 Å². The van der Waals surface area contributed by atoms with E-state index in [0.717, 1.165) is 6.07 Å². The molecule has 0 bridgehead atoms. The SMILES string of the molecule is COc1cccc(F)c1C(=O)Nc1c[nH]nc1C(=O)N[C@H]1CC[C@H](O)CC1. The first kappa shape index (κ1) is 18.8. The van der Waals surface area contributed by atoms with Crippen molar-refractivity contribution in [2.45, 2.75) is 37.8 Å². The highest BCUT2D eigenvalue weighted by Crippen LogP contribution is 2.24. The zero-order valence-corrected chi connectivity index (χ0v) is 14.8. The second-order valence-corrected chi connectivity index (χ2v) is 6.40. The first-order valence-corrected chi connectivity index (χ1v) is 8.66. The molecule has 0 radical (unpaired) electrons. The third-order valence-corrected chi connectivity index (χ3v) is 4.56. The number of carbonyl (C=O) groups is 2. The van der Waals surface area contributed by atoms with Crippen LogP contribution in [0.15, 0.2) is 24.4 Å². The number of ether oxygens (including phenoxy) is 1. The Balaban J connectivity index is 1.72. The van der Waals surface area contributed by atoms with Crippen molar-refractivity contribution in [3.8, 4) is 5.75 Å². The summed E-state index contributed by atoms with van der Waals surface area (Å²) < 4.78 is 19.1. The normalized spacial score (nSPS) is 19.4. The van der Waals surface area contributed by atoms with E-state index in [-0.39, 0.29) is 34.8 Å². The summed E-state index contributed by atoms with van der Waals surface area (Å²) in [6, 6.07) is 3.99. The van der Waals surface area contributed by atoms with E-state index in [0.29, 0.717) is 25.7 Å². The van der Waals surface area contributed by atoms with Crippen LogP contribution in [0.4, 0.5) is 10.1 Å². The first-order chi connectivity index (χ1) is 13.0. The van der Waals surface area contributed by atoms with Crippen LogP contribution in [0.25, 0.3) is 0 Å². The van der Waals surface area contributed by atoms with Crippen LogP contribution in [0.1, 0.15) is 46.5 Å². The smallest absolute Gasteiger partial charge is 0.274 e. The summed E-state index contributed by atoms with van der Waals surface area (Å²) in [5.74, 6) is -1.85. The second-order valence-electron chi connectivity index (χ2n) is 6.40. The molecule has 2 aromatic rings. The number of halogens is 1. The third kappa shape index (κ3) is 4.25. The van der Waals surface area contributed by atoms with E-state index in [4.69, 9.17) is 4.74 Å². The minimum Gasteiger partial charge on any atom is -0.496 e. The quantitative estimate of drug-likeness (QED) is 0.635. The Morgan fingerprint density at radius 2 is 2.00 bits per heavy atom. The van der Waals surface area contributed by atoms with E-state index in [9.17, 15) is 19.1 Å². The summed E-state index contributed by atoms with van der Waals surface area (Å²) in [6.45, 7) is 0. The zero-order chi connectivity index (χ0) is 19.4. The summed E-state index contributed by atoms with van der Waals surface area (Å²) in [6.07, 6.45) is 3.63. The Kier molecular flexibility index (Phi) is 5.70. The number of benzene rings is 1. The number of carbonyl (C=O) groups excluding carboxylic acids is 2. The molecule has 0 aliphatic heterocycles. The van der Waals surface area contributed by atoms with Gasteiger partial charge in [0.2, 0.25) is 0 Å². The molecule has 144 valence electrons. The highest BCUT2D eigenvalue weighted by atomic mass is 19.1. The number of aromatic nitrogens is 2. The van der Waals surface area contributed by atoms with Gasteiger partial charge in [-0.05, 0) is 37.8 Å². The molecule has 9 heteroatoms. The van der Waals surface area contributed by atoms with Gasteiger partial charge in [0.15, 0.2) is 5.69 Å². The minimum absolute atomic E-state index is 0.00442. The van der Waals surface area contributed by atoms with E-state index in [2.05, 4.69) is 20.8 Å². The van der Waals surface area contributed by atoms with Gasteiger partial charge < -0.3 is 20.5 Å². The second kappa shape index (κ2) is 8.17. The number of hydrogen-bond acceptors (Lipinski definition) is 5. The minimum atomic E-state index is -0.749. The van der Waals surface area contributed by atoms with Crippen LogP contribution in [0, 0.1) is 5.82 Å². The Labute approximate surface area is 155 Å². The molecular weight excluding hydrogens is 355 g/mol. The molecular formula is C18H21FN4O4. The number of H-pyrrole nitrogens is 1. The standard InChI is InChI=1S/C18H21FN4O4/c1-27-14-4-2-3-12(19)15(14)17(25)22-13-9-20-23-16(13)18(26)21-10-5-7-11(24)8-6-10/h2-4,9-11,24H,5-8H2,1H3,(H,20,23)(H,21,26)(H,22,25)/t10-,11-. The molecule has 0 saturated heterocycles. The molecule has 3 rings (SSSR count). The average molecular weight is 376 g/mol. The fourth-order valence-corrected chi connectivity index (χ4v) is 3.11. The van der Waals surface area contributed by atoms with Crippen molar-refractivity contribution >= 4 is 17.5 Å². The maximum atomic E-state index is 14.1. The first-order valence-electron chi connectivity index (χ1n) is 8.66. The lowest BCUT2D eigenvalue weighted by molar-refractivity contribution is 0.0864. The Bertz CT molecular complexity index is 831. The number of nitrogens with one attached hydrogen (secondary N) is 3. The van der Waals surface area contributed by atoms with Crippen LogP contribution in [0.3, 0.4) is 0 Å². The molecule has 1 aliphatic carbocycles. The number of anilines is 1. The fraction of sp³-hybridized carbons (Fsp3) is 0.389. The Hall–Kier alpha value is -2.94. The Morgan fingerprint density at radius 3 is 2.70 bits per heavy atom. The summed E-state index contributed by atoms with van der Waals surface area (Å²) in [4.78, 5) is 25.0. The number of aliphatic hydroxyl groups excluding tert-OH is 1. The van der Waals surface area contributed by atoms with Gasteiger partial charge in [0.1, 0.15) is 17.1 Å². The molecule has 1 saturated carbocycles. The predicted octanol–water partition coefficient (Wildman–Crippen LogP) is 1.84. The van der Waals surface area contributed by atoms with Crippen molar-refractivity contribution in [1.82, 2.24) is 15.5 Å². The summed E-state index contributed by atoms with van der Waals surface area (Å²) >= 11 is 0. The summed E-state index contributed by atoms with van der Waals surface area (Å²) in [5.41, 5.74) is -0.114. The molecule has 1 fully saturated rings. The van der Waals surface area contributed by atoms with Gasteiger partial charge in [0.05, 0.1) is 18.9 Å². The molecule has 1 aromatic carbocycles. The maximum absolute atomic E-state index is 14.1. The van der Waals surface area contributed by atoms with E-state index in [1.54, 1.807) is 0 Å². The molecule has 1 heterocycles. The van der Waals surface area contributed by atoms with Gasteiger partial charge in [-0.1, -0.05) is 6.07 Å². The van der Waals surface area contributed by atoms with Gasteiger partial charge in [-0.15, -0.1) is 0 Å². The highest BCUT2D eigenvalue weighted by Gasteiger charge is 2.25. The van der Waals surface area contributed by atoms with Crippen LogP contribution in [-0.2, 0) is 0 Å². The Morgan fingerprint density at radius 1 is 1.26 bits per heavy atom. The van der Waals surface area contributed by atoms with Crippen molar-refractivity contribution in [1.29, 1.82) is 0 Å². The maximum Gasteiger partial charge on any atom is 0.274 e. The van der Waals surface area contributed by atoms with E-state index in [1.807, 2.05) is 0 Å². The van der Waals surface area contributed by atoms with Gasteiger partial charge in [0, 0.05) is 12.2 Å². The molecule has 4 N–H and O–H groups in total. The lowest BCUT2D eigenvalue weighted by atomic mass is 9.93. The van der Waals surface area contributed by atoms with Gasteiger partial charge in [0.25, 0.3) is 11.8 Å². The average Bonchev–Trinajstić information content (AvgIpc) is 3.11. The van der Waals surface area contributed by atoms with Gasteiger partial charge in [-0.3, -0.25) is 14.7 Å². The molecule has 27 heavy (non-hydrogen) atoms. The van der Waals surface area contributed by atoms with Crippen molar-refractivity contribution in [3.63, 3.8) is 0 Å². The lowest BCUT2D eigenvalue weighted by Gasteiger charge is -2.25. The number of nitrogens with zero attached hydrogens (tertiary/aromatic N) is 1. The number of rotatable bonds is 5. The molecule has 0 spiro atoms. The van der Waals surface area contributed by atoms with Gasteiger partial charge in [-0.25, -0.2) is 4.39 Å². The molecule has 1 aromatic heterocycles. The summed E-state index contributed by atoms with van der Waals surface area (Å²) in [7, 11) is 1.34. The molecule has 0 atom stereocenters. The van der Waals surface area contributed by atoms with E-state index < -0.39 is 17.6 Å². The number of aliphatic hydroxyl groups is 1. The van der Waals surface area contributed by atoms with Gasteiger partial charge >= 0.3 is 0 Å². The topological polar surface area (TPSA) is 116 Å². The summed E-state index contributed by atoms with van der Waals surface area (Å²) in [5, 5.41) is 21.3. The van der Waals surface area contributed by atoms with Gasteiger partial charge in [-0.2, -0.15) is 5.10 Å². The fourth-order valence-electron chi connectivity index (χ4n) is 3.11. The van der Waals surface area contributed by atoms with E-state index >= 15 is 0 Å². The van der Waals surface area contributed by atoms with Crippen LogP contribution < -0.4 is 15.4 Å². The predicted molar refractivity (Wildman–Crippen MR) is 95.2 cm³/mol. The molecule has 0 unspecified atom stereocenters. The van der Waals surface area contributed by atoms with Crippen molar-refractivity contribution in [3.05, 3.63) is 41.5 Å². The number of amides is 2. The molecule has 1 aliphatic rings. The number of aromatic amines is 1. The largest absolute Gasteiger partial charge is 0.496 e. The van der Waals surface area contributed by atoms with Crippen LogP contribution >= 0.6 is 0 Å².